The van der Waals surface area contributed by atoms with Gasteiger partial charge in [-0.05, 0) is 31.0 Å². The molecule has 0 N–H and O–H groups in total. The van der Waals surface area contributed by atoms with E-state index < -0.39 is 0 Å². The molecular formula is C19H24N4O2. The molecule has 2 aliphatic rings. The molecule has 2 aromatic rings. The highest BCUT2D eigenvalue weighted by Gasteiger charge is 2.25. The summed E-state index contributed by atoms with van der Waals surface area (Å²) in [6.07, 6.45) is 6.68. The van der Waals surface area contributed by atoms with E-state index >= 15 is 0 Å². The van der Waals surface area contributed by atoms with Crippen molar-refractivity contribution in [1.82, 2.24) is 19.4 Å². The van der Waals surface area contributed by atoms with Gasteiger partial charge >= 0.3 is 0 Å². The molecule has 1 aliphatic heterocycles. The molecule has 1 aromatic heterocycles. The number of amides is 1. The minimum absolute atomic E-state index is 0.0801. The van der Waals surface area contributed by atoms with Crippen molar-refractivity contribution in [3.8, 4) is 5.75 Å². The maximum atomic E-state index is 12.7. The molecule has 0 spiro atoms. The zero-order chi connectivity index (χ0) is 17.2. The molecule has 1 saturated heterocycles. The molecule has 6 heteroatoms. The molecule has 1 amide bonds. The number of aromatic nitrogens is 2. The van der Waals surface area contributed by atoms with Crippen LogP contribution in [-0.2, 0) is 6.54 Å². The van der Waals surface area contributed by atoms with Crippen molar-refractivity contribution in [3.63, 3.8) is 0 Å². The Morgan fingerprint density at radius 1 is 1.24 bits per heavy atom. The Bertz CT molecular complexity index is 745. The van der Waals surface area contributed by atoms with Gasteiger partial charge in [0.05, 0.1) is 19.1 Å². The van der Waals surface area contributed by atoms with Crippen LogP contribution in [0.25, 0.3) is 0 Å². The van der Waals surface area contributed by atoms with E-state index in [9.17, 15) is 4.79 Å². The predicted octanol–water partition coefficient (Wildman–Crippen LogP) is 2.18. The van der Waals surface area contributed by atoms with Gasteiger partial charge in [-0.3, -0.25) is 9.69 Å². The lowest BCUT2D eigenvalue weighted by atomic mass is 10.1. The monoisotopic (exact) mass is 340 g/mol. The minimum Gasteiger partial charge on any atom is -0.497 e. The van der Waals surface area contributed by atoms with Crippen LogP contribution in [0.2, 0.25) is 0 Å². The number of carbonyl (C=O) groups is 1. The molecule has 2 fully saturated rings. The van der Waals surface area contributed by atoms with Crippen molar-refractivity contribution in [3.05, 3.63) is 48.0 Å². The second kappa shape index (κ2) is 6.88. The Balaban J connectivity index is 1.31. The summed E-state index contributed by atoms with van der Waals surface area (Å²) in [7, 11) is 1.62. The highest BCUT2D eigenvalue weighted by atomic mass is 16.5. The maximum absolute atomic E-state index is 12.7. The van der Waals surface area contributed by atoms with Crippen LogP contribution >= 0.6 is 0 Å². The number of piperazine rings is 1. The van der Waals surface area contributed by atoms with Crippen molar-refractivity contribution in [2.75, 3.05) is 33.3 Å². The number of benzene rings is 1. The van der Waals surface area contributed by atoms with E-state index in [1.54, 1.807) is 13.2 Å². The van der Waals surface area contributed by atoms with Crippen molar-refractivity contribution >= 4 is 5.91 Å². The first kappa shape index (κ1) is 16.1. The van der Waals surface area contributed by atoms with Gasteiger partial charge in [-0.25, -0.2) is 4.98 Å². The number of hydrogen-bond donors (Lipinski definition) is 0. The smallest absolute Gasteiger partial charge is 0.254 e. The minimum atomic E-state index is 0.0801. The third-order valence-corrected chi connectivity index (χ3v) is 4.99. The van der Waals surface area contributed by atoms with E-state index in [0.29, 0.717) is 11.6 Å². The SMILES string of the molecule is COc1cccc(C(=O)N2CCN(Cc3cn(C4CC4)cn3)CC2)c1. The lowest BCUT2D eigenvalue weighted by molar-refractivity contribution is 0.0627. The molecule has 1 saturated carbocycles. The highest BCUT2D eigenvalue weighted by Crippen LogP contribution is 2.34. The fourth-order valence-corrected chi connectivity index (χ4v) is 3.31. The summed E-state index contributed by atoms with van der Waals surface area (Å²) in [5.74, 6) is 0.798. The summed E-state index contributed by atoms with van der Waals surface area (Å²) in [6.45, 7) is 4.12. The number of nitrogens with zero attached hydrogens (tertiary/aromatic N) is 4. The summed E-state index contributed by atoms with van der Waals surface area (Å²) >= 11 is 0. The summed E-state index contributed by atoms with van der Waals surface area (Å²) in [5.41, 5.74) is 1.82. The van der Waals surface area contributed by atoms with Crippen molar-refractivity contribution in [2.24, 2.45) is 0 Å². The Kier molecular flexibility index (Phi) is 4.44. The Labute approximate surface area is 148 Å². The number of rotatable bonds is 5. The third kappa shape index (κ3) is 3.69. The van der Waals surface area contributed by atoms with Gasteiger partial charge in [0.25, 0.3) is 5.91 Å². The van der Waals surface area contributed by atoms with Gasteiger partial charge < -0.3 is 14.2 Å². The fourth-order valence-electron chi connectivity index (χ4n) is 3.31. The third-order valence-electron chi connectivity index (χ3n) is 4.99. The standard InChI is InChI=1S/C19H24N4O2/c1-25-18-4-2-3-15(11-18)19(24)22-9-7-21(8-10-22)12-16-13-23(14-20-16)17-5-6-17/h2-4,11,13-14,17H,5-10,12H2,1H3. The van der Waals surface area contributed by atoms with Gasteiger partial charge in [0, 0.05) is 50.5 Å². The average molecular weight is 340 g/mol. The number of imidazole rings is 1. The van der Waals surface area contributed by atoms with Crippen LogP contribution in [0.4, 0.5) is 0 Å². The fraction of sp³-hybridized carbons (Fsp3) is 0.474. The van der Waals surface area contributed by atoms with Crippen LogP contribution in [0.15, 0.2) is 36.8 Å². The average Bonchev–Trinajstić information content (AvgIpc) is 3.41. The van der Waals surface area contributed by atoms with Crippen LogP contribution < -0.4 is 4.74 Å². The highest BCUT2D eigenvalue weighted by molar-refractivity contribution is 5.94. The van der Waals surface area contributed by atoms with Crippen LogP contribution in [0, 0.1) is 0 Å². The van der Waals surface area contributed by atoms with Gasteiger partial charge in [0.15, 0.2) is 0 Å². The van der Waals surface area contributed by atoms with Gasteiger partial charge in [0.2, 0.25) is 0 Å². The Hall–Kier alpha value is -2.34. The van der Waals surface area contributed by atoms with E-state index in [1.807, 2.05) is 29.4 Å². The van der Waals surface area contributed by atoms with E-state index in [-0.39, 0.29) is 5.91 Å². The van der Waals surface area contributed by atoms with Crippen molar-refractivity contribution in [2.45, 2.75) is 25.4 Å². The van der Waals surface area contributed by atoms with E-state index in [0.717, 1.165) is 44.2 Å². The zero-order valence-electron chi connectivity index (χ0n) is 14.6. The molecule has 4 rings (SSSR count). The molecule has 6 nitrogen and oxygen atoms in total. The summed E-state index contributed by atoms with van der Waals surface area (Å²) in [6, 6.07) is 8.05. The molecule has 0 atom stereocenters. The number of methoxy groups -OCH3 is 1. The van der Waals surface area contributed by atoms with Crippen LogP contribution in [0.5, 0.6) is 5.75 Å². The van der Waals surface area contributed by atoms with Crippen LogP contribution in [0.1, 0.15) is 34.9 Å². The lowest BCUT2D eigenvalue weighted by Crippen LogP contribution is -2.48. The first-order chi connectivity index (χ1) is 12.2. The molecule has 1 aliphatic carbocycles. The van der Waals surface area contributed by atoms with Gasteiger partial charge in [-0.2, -0.15) is 0 Å². The van der Waals surface area contributed by atoms with Crippen LogP contribution in [0.3, 0.4) is 0 Å². The molecule has 1 aromatic carbocycles. The van der Waals surface area contributed by atoms with Gasteiger partial charge in [-0.15, -0.1) is 0 Å². The molecule has 132 valence electrons. The molecule has 0 radical (unpaired) electrons. The first-order valence-corrected chi connectivity index (χ1v) is 8.91. The quantitative estimate of drug-likeness (QED) is 0.837. The summed E-state index contributed by atoms with van der Waals surface area (Å²) < 4.78 is 7.45. The van der Waals surface area contributed by atoms with Crippen molar-refractivity contribution in [1.29, 1.82) is 0 Å². The Morgan fingerprint density at radius 3 is 2.76 bits per heavy atom. The van der Waals surface area contributed by atoms with Gasteiger partial charge in [0.1, 0.15) is 5.75 Å². The molecule has 2 heterocycles. The van der Waals surface area contributed by atoms with Gasteiger partial charge in [-0.1, -0.05) is 6.07 Å². The first-order valence-electron chi connectivity index (χ1n) is 8.91. The second-order valence-electron chi connectivity index (χ2n) is 6.84. The topological polar surface area (TPSA) is 50.6 Å². The van der Waals surface area contributed by atoms with E-state index in [2.05, 4.69) is 20.6 Å². The van der Waals surface area contributed by atoms with Crippen LogP contribution in [-0.4, -0.2) is 58.5 Å². The lowest BCUT2D eigenvalue weighted by Gasteiger charge is -2.34. The normalized spacial score (nSPS) is 18.4. The molecule has 0 unspecified atom stereocenters. The predicted molar refractivity (Wildman–Crippen MR) is 94.7 cm³/mol. The summed E-state index contributed by atoms with van der Waals surface area (Å²) in [5, 5.41) is 0. The second-order valence-corrected chi connectivity index (χ2v) is 6.84. The maximum Gasteiger partial charge on any atom is 0.254 e. The molecule has 0 bridgehead atoms. The molecular weight excluding hydrogens is 316 g/mol. The number of carbonyl (C=O) groups excluding carboxylic acids is 1. The van der Waals surface area contributed by atoms with E-state index in [4.69, 9.17) is 4.74 Å². The number of ether oxygens (including phenoxy) is 1. The number of hydrogen-bond acceptors (Lipinski definition) is 4. The zero-order valence-corrected chi connectivity index (χ0v) is 14.6. The Morgan fingerprint density at radius 2 is 2.04 bits per heavy atom. The molecule has 25 heavy (non-hydrogen) atoms. The largest absolute Gasteiger partial charge is 0.497 e. The van der Waals surface area contributed by atoms with E-state index in [1.165, 1.54) is 12.8 Å². The van der Waals surface area contributed by atoms with Crippen molar-refractivity contribution < 1.29 is 9.53 Å². The summed E-state index contributed by atoms with van der Waals surface area (Å²) in [4.78, 5) is 21.5.